The van der Waals surface area contributed by atoms with Crippen molar-refractivity contribution in [3.05, 3.63) is 34.9 Å². The Labute approximate surface area is 130 Å². The molecule has 1 aliphatic heterocycles. The molecule has 1 fully saturated rings. The van der Waals surface area contributed by atoms with Crippen molar-refractivity contribution in [1.82, 2.24) is 4.90 Å². The number of anilines is 1. The Morgan fingerprint density at radius 1 is 1.29 bits per heavy atom. The predicted octanol–water partition coefficient (Wildman–Crippen LogP) is 2.97. The fourth-order valence-corrected chi connectivity index (χ4v) is 2.74. The molecule has 1 saturated heterocycles. The summed E-state index contributed by atoms with van der Waals surface area (Å²) in [5.74, 6) is -0.972. The van der Waals surface area contributed by atoms with Gasteiger partial charge in [0.15, 0.2) is 0 Å². The largest absolute Gasteiger partial charge is 0.478 e. The lowest BCUT2D eigenvalue weighted by atomic mass is 10.1. The van der Waals surface area contributed by atoms with Crippen LogP contribution in [0, 0.1) is 0 Å². The average Bonchev–Trinajstić information content (AvgIpc) is 2.46. The van der Waals surface area contributed by atoms with Crippen LogP contribution >= 0.6 is 11.6 Å². The second-order valence-electron chi connectivity index (χ2n) is 5.49. The lowest BCUT2D eigenvalue weighted by Crippen LogP contribution is -2.48. The minimum atomic E-state index is -0.972. The highest BCUT2D eigenvalue weighted by atomic mass is 35.5. The van der Waals surface area contributed by atoms with Crippen LogP contribution in [0.4, 0.5) is 5.69 Å². The predicted molar refractivity (Wildman–Crippen MR) is 87.0 cm³/mol. The molecule has 0 amide bonds. The van der Waals surface area contributed by atoms with Crippen molar-refractivity contribution in [3.8, 4) is 0 Å². The van der Waals surface area contributed by atoms with E-state index >= 15 is 0 Å². The highest BCUT2D eigenvalue weighted by Gasteiger charge is 2.19. The van der Waals surface area contributed by atoms with Crippen molar-refractivity contribution in [2.75, 3.05) is 31.1 Å². The number of carbonyl (C=O) groups is 1. The number of nitrogens with zero attached hydrogens (tertiary/aromatic N) is 2. The molecular weight excluding hydrogens is 288 g/mol. The highest BCUT2D eigenvalue weighted by molar-refractivity contribution is 6.32. The fourth-order valence-electron chi connectivity index (χ4n) is 2.51. The van der Waals surface area contributed by atoms with Gasteiger partial charge < -0.3 is 10.0 Å². The molecule has 1 aromatic carbocycles. The monoisotopic (exact) mass is 308 g/mol. The first-order chi connectivity index (χ1) is 9.97. The van der Waals surface area contributed by atoms with Crippen LogP contribution in [0.1, 0.15) is 19.4 Å². The first-order valence-electron chi connectivity index (χ1n) is 7.17. The quantitative estimate of drug-likeness (QED) is 0.869. The molecule has 0 spiro atoms. The molecule has 4 nitrogen and oxygen atoms in total. The number of carboxylic acid groups (broad SMARTS) is 1. The normalized spacial score (nSPS) is 16.9. The smallest absolute Gasteiger partial charge is 0.328 e. The van der Waals surface area contributed by atoms with Crippen molar-refractivity contribution in [1.29, 1.82) is 0 Å². The molecule has 0 radical (unpaired) electrons. The van der Waals surface area contributed by atoms with Crippen molar-refractivity contribution < 1.29 is 9.90 Å². The van der Waals surface area contributed by atoms with Gasteiger partial charge in [0.2, 0.25) is 0 Å². The minimum absolute atomic E-state index is 0.580. The Morgan fingerprint density at radius 3 is 2.48 bits per heavy atom. The van der Waals surface area contributed by atoms with Gasteiger partial charge in [-0.3, -0.25) is 4.90 Å². The van der Waals surface area contributed by atoms with E-state index in [1.165, 1.54) is 6.08 Å². The molecule has 0 aromatic heterocycles. The average molecular weight is 309 g/mol. The summed E-state index contributed by atoms with van der Waals surface area (Å²) in [5, 5.41) is 9.23. The van der Waals surface area contributed by atoms with Gasteiger partial charge in [-0.1, -0.05) is 17.7 Å². The number of hydrogen-bond donors (Lipinski definition) is 1. The maximum absolute atomic E-state index is 10.5. The van der Waals surface area contributed by atoms with Crippen LogP contribution < -0.4 is 4.90 Å². The van der Waals surface area contributed by atoms with Gasteiger partial charge in [-0.05, 0) is 37.6 Å². The van der Waals surface area contributed by atoms with Gasteiger partial charge >= 0.3 is 5.97 Å². The number of carboxylic acids is 1. The van der Waals surface area contributed by atoms with E-state index < -0.39 is 5.97 Å². The van der Waals surface area contributed by atoms with Crippen LogP contribution in [0.25, 0.3) is 6.08 Å². The second-order valence-corrected chi connectivity index (χ2v) is 5.90. The Bertz CT molecular complexity index is 535. The lowest BCUT2D eigenvalue weighted by Gasteiger charge is -2.38. The van der Waals surface area contributed by atoms with Gasteiger partial charge in [-0.2, -0.15) is 0 Å². The number of benzene rings is 1. The standard InChI is InChI=1S/C16H21ClN2O2/c1-12(2)18-7-9-19(10-8-18)14-5-3-13(15(17)11-14)4-6-16(20)21/h3-6,11-12H,7-10H2,1-2H3,(H,20,21)/b6-4+. The Balaban J connectivity index is 2.05. The van der Waals surface area contributed by atoms with Gasteiger partial charge in [-0.25, -0.2) is 4.79 Å². The van der Waals surface area contributed by atoms with Gasteiger partial charge in [0.05, 0.1) is 0 Å². The number of piperazine rings is 1. The molecule has 0 atom stereocenters. The number of rotatable bonds is 4. The third kappa shape index (κ3) is 4.22. The molecule has 1 N–H and O–H groups in total. The molecule has 0 unspecified atom stereocenters. The Kier molecular flexibility index (Phi) is 5.26. The number of aliphatic carboxylic acids is 1. The third-order valence-corrected chi connectivity index (χ3v) is 4.13. The van der Waals surface area contributed by atoms with Gasteiger partial charge in [-0.15, -0.1) is 0 Å². The van der Waals surface area contributed by atoms with Crippen LogP contribution in [-0.4, -0.2) is 48.2 Å². The van der Waals surface area contributed by atoms with Gasteiger partial charge in [0.1, 0.15) is 0 Å². The van der Waals surface area contributed by atoms with E-state index in [0.717, 1.165) is 43.5 Å². The summed E-state index contributed by atoms with van der Waals surface area (Å²) in [5.41, 5.74) is 1.82. The van der Waals surface area contributed by atoms with Crippen molar-refractivity contribution >= 4 is 29.3 Å². The summed E-state index contributed by atoms with van der Waals surface area (Å²) >= 11 is 6.23. The second kappa shape index (κ2) is 6.96. The zero-order valence-corrected chi connectivity index (χ0v) is 13.2. The highest BCUT2D eigenvalue weighted by Crippen LogP contribution is 2.25. The maximum Gasteiger partial charge on any atom is 0.328 e. The van der Waals surface area contributed by atoms with E-state index in [-0.39, 0.29) is 0 Å². The molecular formula is C16H21ClN2O2. The van der Waals surface area contributed by atoms with E-state index in [1.807, 2.05) is 18.2 Å². The van der Waals surface area contributed by atoms with E-state index in [2.05, 4.69) is 23.6 Å². The SMILES string of the molecule is CC(C)N1CCN(c2ccc(/C=C/C(=O)O)c(Cl)c2)CC1. The Morgan fingerprint density at radius 2 is 1.95 bits per heavy atom. The summed E-state index contributed by atoms with van der Waals surface area (Å²) < 4.78 is 0. The summed E-state index contributed by atoms with van der Waals surface area (Å²) in [6, 6.07) is 6.36. The molecule has 1 aromatic rings. The first-order valence-corrected chi connectivity index (χ1v) is 7.54. The van der Waals surface area contributed by atoms with Gasteiger partial charge in [0, 0.05) is 49.0 Å². The molecule has 114 valence electrons. The van der Waals surface area contributed by atoms with E-state index in [0.29, 0.717) is 11.1 Å². The number of halogens is 1. The summed E-state index contributed by atoms with van der Waals surface area (Å²) in [4.78, 5) is 15.3. The molecule has 0 aliphatic carbocycles. The van der Waals surface area contributed by atoms with Crippen LogP contribution in [-0.2, 0) is 4.79 Å². The molecule has 21 heavy (non-hydrogen) atoms. The fraction of sp³-hybridized carbons (Fsp3) is 0.438. The summed E-state index contributed by atoms with van der Waals surface area (Å²) in [7, 11) is 0. The molecule has 1 aliphatic rings. The van der Waals surface area contributed by atoms with Crippen LogP contribution in [0.15, 0.2) is 24.3 Å². The van der Waals surface area contributed by atoms with E-state index in [9.17, 15) is 4.79 Å². The van der Waals surface area contributed by atoms with Crippen molar-refractivity contribution in [3.63, 3.8) is 0 Å². The molecule has 0 saturated carbocycles. The third-order valence-electron chi connectivity index (χ3n) is 3.80. The van der Waals surface area contributed by atoms with Crippen LogP contribution in [0.3, 0.4) is 0 Å². The number of hydrogen-bond acceptors (Lipinski definition) is 3. The van der Waals surface area contributed by atoms with E-state index in [1.54, 1.807) is 0 Å². The molecule has 5 heteroatoms. The first kappa shape index (κ1) is 15.9. The van der Waals surface area contributed by atoms with E-state index in [4.69, 9.17) is 16.7 Å². The van der Waals surface area contributed by atoms with Crippen LogP contribution in [0.5, 0.6) is 0 Å². The maximum atomic E-state index is 10.5. The topological polar surface area (TPSA) is 43.8 Å². The lowest BCUT2D eigenvalue weighted by molar-refractivity contribution is -0.131. The Hall–Kier alpha value is -1.52. The van der Waals surface area contributed by atoms with Crippen LogP contribution in [0.2, 0.25) is 5.02 Å². The summed E-state index contributed by atoms with van der Waals surface area (Å²) in [6.45, 7) is 8.51. The zero-order valence-electron chi connectivity index (χ0n) is 12.4. The zero-order chi connectivity index (χ0) is 15.4. The molecule has 0 bridgehead atoms. The molecule has 1 heterocycles. The van der Waals surface area contributed by atoms with Crippen molar-refractivity contribution in [2.45, 2.75) is 19.9 Å². The van der Waals surface area contributed by atoms with Gasteiger partial charge in [0.25, 0.3) is 0 Å². The molecule has 2 rings (SSSR count). The van der Waals surface area contributed by atoms with Crippen molar-refractivity contribution in [2.24, 2.45) is 0 Å². The minimum Gasteiger partial charge on any atom is -0.478 e. The summed E-state index contributed by atoms with van der Waals surface area (Å²) in [6.07, 6.45) is 2.62.